The molecule has 1 aromatic rings. The fourth-order valence-electron chi connectivity index (χ4n) is 1.46. The summed E-state index contributed by atoms with van der Waals surface area (Å²) in [5.41, 5.74) is 0.999. The fraction of sp³-hybridized carbons (Fsp3) is 0.538. The van der Waals surface area contributed by atoms with E-state index in [1.165, 1.54) is 19.2 Å². The standard InChI is InChI=1S/C13H20O4S/c1-10(2)9-13(16-4)17-18(14,15)12-7-5-11(3)6-8-12/h5-8,10,13H,9H2,1-4H3. The monoisotopic (exact) mass is 272 g/mol. The third-order valence-corrected chi connectivity index (χ3v) is 3.79. The van der Waals surface area contributed by atoms with Crippen LogP contribution < -0.4 is 0 Å². The van der Waals surface area contributed by atoms with Crippen molar-refractivity contribution >= 4 is 10.1 Å². The molecule has 18 heavy (non-hydrogen) atoms. The van der Waals surface area contributed by atoms with Gasteiger partial charge in [-0.25, -0.2) is 4.18 Å². The second kappa shape index (κ2) is 6.31. The first-order valence-corrected chi connectivity index (χ1v) is 7.28. The van der Waals surface area contributed by atoms with Crippen LogP contribution in [0.4, 0.5) is 0 Å². The van der Waals surface area contributed by atoms with Gasteiger partial charge in [-0.2, -0.15) is 8.42 Å². The van der Waals surface area contributed by atoms with Gasteiger partial charge in [0.1, 0.15) is 0 Å². The molecule has 0 saturated heterocycles. The first kappa shape index (κ1) is 15.1. The van der Waals surface area contributed by atoms with E-state index >= 15 is 0 Å². The van der Waals surface area contributed by atoms with Gasteiger partial charge in [-0.15, -0.1) is 0 Å². The lowest BCUT2D eigenvalue weighted by Gasteiger charge is -2.17. The third kappa shape index (κ3) is 4.40. The van der Waals surface area contributed by atoms with E-state index in [1.54, 1.807) is 12.1 Å². The maximum atomic E-state index is 12.0. The Bertz CT molecular complexity index is 462. The minimum absolute atomic E-state index is 0.152. The van der Waals surface area contributed by atoms with Gasteiger partial charge in [0.25, 0.3) is 10.1 Å². The van der Waals surface area contributed by atoms with E-state index < -0.39 is 16.4 Å². The molecule has 0 aliphatic heterocycles. The predicted molar refractivity (Wildman–Crippen MR) is 69.7 cm³/mol. The van der Waals surface area contributed by atoms with Crippen molar-refractivity contribution in [3.63, 3.8) is 0 Å². The molecule has 0 aliphatic rings. The maximum absolute atomic E-state index is 12.0. The highest BCUT2D eigenvalue weighted by atomic mass is 32.2. The van der Waals surface area contributed by atoms with E-state index in [1.807, 2.05) is 20.8 Å². The molecule has 102 valence electrons. The van der Waals surface area contributed by atoms with Crippen LogP contribution in [0.1, 0.15) is 25.8 Å². The summed E-state index contributed by atoms with van der Waals surface area (Å²) in [5, 5.41) is 0. The van der Waals surface area contributed by atoms with E-state index in [4.69, 9.17) is 8.92 Å². The molecule has 0 aromatic heterocycles. The molecule has 5 heteroatoms. The quantitative estimate of drug-likeness (QED) is 0.590. The molecule has 0 amide bonds. The molecule has 0 saturated carbocycles. The Balaban J connectivity index is 2.83. The number of hydrogen-bond donors (Lipinski definition) is 0. The highest BCUT2D eigenvalue weighted by Crippen LogP contribution is 2.18. The second-order valence-corrected chi connectivity index (χ2v) is 6.23. The Morgan fingerprint density at radius 2 is 1.72 bits per heavy atom. The van der Waals surface area contributed by atoms with Crippen LogP contribution >= 0.6 is 0 Å². The summed E-state index contributed by atoms with van der Waals surface area (Å²) < 4.78 is 34.1. The van der Waals surface area contributed by atoms with E-state index in [0.717, 1.165) is 5.56 Å². The number of rotatable bonds is 6. The molecular formula is C13H20O4S. The average molecular weight is 272 g/mol. The lowest BCUT2D eigenvalue weighted by Crippen LogP contribution is -2.22. The Kier molecular flexibility index (Phi) is 5.31. The van der Waals surface area contributed by atoms with Crippen LogP contribution in [-0.2, 0) is 19.0 Å². The van der Waals surface area contributed by atoms with Crippen molar-refractivity contribution in [1.82, 2.24) is 0 Å². The van der Waals surface area contributed by atoms with Gasteiger partial charge in [0.15, 0.2) is 6.29 Å². The molecule has 0 aliphatic carbocycles. The van der Waals surface area contributed by atoms with Crippen LogP contribution in [0.2, 0.25) is 0 Å². The molecule has 1 unspecified atom stereocenters. The topological polar surface area (TPSA) is 52.6 Å². The molecule has 1 atom stereocenters. The molecule has 0 N–H and O–H groups in total. The summed E-state index contributed by atoms with van der Waals surface area (Å²) in [5.74, 6) is 0.295. The molecule has 0 bridgehead atoms. The fourth-order valence-corrected chi connectivity index (χ4v) is 2.48. The number of methoxy groups -OCH3 is 1. The smallest absolute Gasteiger partial charge is 0.299 e. The normalized spacial score (nSPS) is 13.8. The summed E-state index contributed by atoms with van der Waals surface area (Å²) >= 11 is 0. The van der Waals surface area contributed by atoms with E-state index in [9.17, 15) is 8.42 Å². The van der Waals surface area contributed by atoms with Crippen LogP contribution in [0.25, 0.3) is 0 Å². The van der Waals surface area contributed by atoms with Gasteiger partial charge in [-0.1, -0.05) is 31.5 Å². The SMILES string of the molecule is COC(CC(C)C)OS(=O)(=O)c1ccc(C)cc1. The van der Waals surface area contributed by atoms with E-state index in [-0.39, 0.29) is 4.90 Å². The van der Waals surface area contributed by atoms with Crippen molar-refractivity contribution in [3.05, 3.63) is 29.8 Å². The van der Waals surface area contributed by atoms with Gasteiger partial charge in [0.2, 0.25) is 0 Å². The van der Waals surface area contributed by atoms with E-state index in [2.05, 4.69) is 0 Å². The number of ether oxygens (including phenoxy) is 1. The predicted octanol–water partition coefficient (Wildman–Crippen LogP) is 2.72. The van der Waals surface area contributed by atoms with E-state index in [0.29, 0.717) is 12.3 Å². The van der Waals surface area contributed by atoms with Crippen LogP contribution in [0, 0.1) is 12.8 Å². The number of benzene rings is 1. The van der Waals surface area contributed by atoms with Crippen molar-refractivity contribution in [2.24, 2.45) is 5.92 Å². The summed E-state index contributed by atoms with van der Waals surface area (Å²) in [6, 6.07) is 6.54. The summed E-state index contributed by atoms with van der Waals surface area (Å²) in [6.45, 7) is 5.86. The highest BCUT2D eigenvalue weighted by molar-refractivity contribution is 7.86. The first-order valence-electron chi connectivity index (χ1n) is 5.88. The average Bonchev–Trinajstić information content (AvgIpc) is 2.27. The van der Waals surface area contributed by atoms with Gasteiger partial charge in [-0.05, 0) is 25.0 Å². The highest BCUT2D eigenvalue weighted by Gasteiger charge is 2.22. The molecule has 0 fully saturated rings. The van der Waals surface area contributed by atoms with Crippen LogP contribution in [0.5, 0.6) is 0 Å². The van der Waals surface area contributed by atoms with Crippen molar-refractivity contribution in [1.29, 1.82) is 0 Å². The van der Waals surface area contributed by atoms with Crippen molar-refractivity contribution in [3.8, 4) is 0 Å². The molecule has 1 rings (SSSR count). The van der Waals surface area contributed by atoms with Gasteiger partial charge in [-0.3, -0.25) is 0 Å². The van der Waals surface area contributed by atoms with Crippen molar-refractivity contribution in [2.75, 3.05) is 7.11 Å². The number of hydrogen-bond acceptors (Lipinski definition) is 4. The van der Waals surface area contributed by atoms with Gasteiger partial charge in [0, 0.05) is 13.5 Å². The molecule has 1 aromatic carbocycles. The van der Waals surface area contributed by atoms with Crippen LogP contribution in [0.15, 0.2) is 29.2 Å². The van der Waals surface area contributed by atoms with Crippen LogP contribution in [-0.4, -0.2) is 21.8 Å². The lowest BCUT2D eigenvalue weighted by molar-refractivity contribution is -0.0609. The maximum Gasteiger partial charge on any atom is 0.299 e. The zero-order valence-corrected chi connectivity index (χ0v) is 12.0. The minimum Gasteiger partial charge on any atom is -0.355 e. The Labute approximate surface area is 109 Å². The second-order valence-electron chi connectivity index (χ2n) is 4.66. The zero-order chi connectivity index (χ0) is 13.8. The van der Waals surface area contributed by atoms with Crippen molar-refractivity contribution in [2.45, 2.75) is 38.4 Å². The zero-order valence-electron chi connectivity index (χ0n) is 11.2. The Morgan fingerprint density at radius 3 is 2.17 bits per heavy atom. The molecule has 0 spiro atoms. The lowest BCUT2D eigenvalue weighted by atomic mass is 10.1. The third-order valence-electron chi connectivity index (χ3n) is 2.47. The summed E-state index contributed by atoms with van der Waals surface area (Å²) in [4.78, 5) is 0.152. The Morgan fingerprint density at radius 1 is 1.17 bits per heavy atom. The minimum atomic E-state index is -3.76. The van der Waals surface area contributed by atoms with Crippen LogP contribution in [0.3, 0.4) is 0 Å². The Hall–Kier alpha value is -0.910. The molecule has 0 radical (unpaired) electrons. The summed E-state index contributed by atoms with van der Waals surface area (Å²) in [6.07, 6.45) is -0.210. The molecule has 4 nitrogen and oxygen atoms in total. The van der Waals surface area contributed by atoms with Gasteiger partial charge >= 0.3 is 0 Å². The van der Waals surface area contributed by atoms with Crippen molar-refractivity contribution < 1.29 is 17.3 Å². The molecule has 0 heterocycles. The first-order chi connectivity index (χ1) is 8.35. The van der Waals surface area contributed by atoms with Gasteiger partial charge in [0.05, 0.1) is 4.90 Å². The largest absolute Gasteiger partial charge is 0.355 e. The molecular weight excluding hydrogens is 252 g/mol. The number of aryl methyl sites for hydroxylation is 1. The van der Waals surface area contributed by atoms with Gasteiger partial charge < -0.3 is 4.74 Å². The summed E-state index contributed by atoms with van der Waals surface area (Å²) in [7, 11) is -2.32.